The molecule has 27 heavy (non-hydrogen) atoms. The monoisotopic (exact) mass is 394 g/mol. The maximum atomic E-state index is 12.8. The van der Waals surface area contributed by atoms with Crippen LogP contribution in [0.15, 0.2) is 41.3 Å². The number of anilines is 2. The summed E-state index contributed by atoms with van der Waals surface area (Å²) in [5, 5.41) is 4.51. The molecule has 1 aliphatic rings. The molecule has 0 radical (unpaired) electrons. The molecule has 0 aliphatic carbocycles. The van der Waals surface area contributed by atoms with E-state index in [-0.39, 0.29) is 18.0 Å². The number of carbonyl (C=O) groups is 2. The van der Waals surface area contributed by atoms with Crippen LogP contribution in [0.2, 0.25) is 0 Å². The van der Waals surface area contributed by atoms with Crippen molar-refractivity contribution in [1.82, 2.24) is 0 Å². The van der Waals surface area contributed by atoms with Gasteiger partial charge >= 0.3 is 6.18 Å². The van der Waals surface area contributed by atoms with Crippen LogP contribution in [0.3, 0.4) is 0 Å². The van der Waals surface area contributed by atoms with Gasteiger partial charge in [0.25, 0.3) is 0 Å². The second-order valence-corrected chi connectivity index (χ2v) is 7.60. The Balaban J connectivity index is 1.69. The van der Waals surface area contributed by atoms with Crippen LogP contribution in [-0.4, -0.2) is 17.1 Å². The van der Waals surface area contributed by atoms with Gasteiger partial charge in [0.1, 0.15) is 0 Å². The van der Waals surface area contributed by atoms with Gasteiger partial charge in [0, 0.05) is 17.0 Å². The van der Waals surface area contributed by atoms with E-state index in [1.165, 1.54) is 6.07 Å². The maximum absolute atomic E-state index is 12.8. The van der Waals surface area contributed by atoms with Crippen molar-refractivity contribution in [2.45, 2.75) is 36.6 Å². The van der Waals surface area contributed by atoms with E-state index in [0.29, 0.717) is 10.6 Å². The van der Waals surface area contributed by atoms with Crippen molar-refractivity contribution in [3.05, 3.63) is 53.1 Å². The molecule has 2 aromatic rings. The Labute approximate surface area is 158 Å². The molecule has 0 unspecified atom stereocenters. The predicted octanol–water partition coefficient (Wildman–Crippen LogP) is 4.76. The molecule has 0 saturated heterocycles. The van der Waals surface area contributed by atoms with Crippen LogP contribution in [0.4, 0.5) is 24.5 Å². The number of amides is 2. The summed E-state index contributed by atoms with van der Waals surface area (Å²) in [7, 11) is 0. The van der Waals surface area contributed by atoms with E-state index in [1.807, 2.05) is 26.0 Å². The molecule has 0 aromatic heterocycles. The SMILES string of the molecule is Cc1ccc(NC(=O)C[C@@H]2Sc3ccc(C(F)(F)F)cc3NC2=O)cc1C. The second kappa shape index (κ2) is 7.26. The molecule has 2 aromatic carbocycles. The minimum Gasteiger partial charge on any atom is -0.326 e. The number of hydrogen-bond acceptors (Lipinski definition) is 3. The van der Waals surface area contributed by atoms with Gasteiger partial charge in [-0.25, -0.2) is 0 Å². The Morgan fingerprint density at radius 3 is 2.56 bits per heavy atom. The number of fused-ring (bicyclic) bond motifs is 1. The first-order valence-electron chi connectivity index (χ1n) is 8.19. The van der Waals surface area contributed by atoms with Crippen molar-refractivity contribution in [1.29, 1.82) is 0 Å². The lowest BCUT2D eigenvalue weighted by Gasteiger charge is -2.24. The summed E-state index contributed by atoms with van der Waals surface area (Å²) in [5.74, 6) is -0.816. The Morgan fingerprint density at radius 2 is 1.89 bits per heavy atom. The smallest absolute Gasteiger partial charge is 0.326 e. The number of halogens is 3. The molecule has 3 rings (SSSR count). The van der Waals surface area contributed by atoms with Crippen LogP contribution in [0, 0.1) is 13.8 Å². The first-order valence-corrected chi connectivity index (χ1v) is 9.07. The van der Waals surface area contributed by atoms with E-state index >= 15 is 0 Å². The van der Waals surface area contributed by atoms with Gasteiger partial charge in [-0.1, -0.05) is 6.07 Å². The van der Waals surface area contributed by atoms with Crippen LogP contribution in [-0.2, 0) is 15.8 Å². The van der Waals surface area contributed by atoms with Gasteiger partial charge in [-0.2, -0.15) is 13.2 Å². The fraction of sp³-hybridized carbons (Fsp3) is 0.263. The average molecular weight is 394 g/mol. The van der Waals surface area contributed by atoms with Gasteiger partial charge < -0.3 is 10.6 Å². The normalized spacial score (nSPS) is 16.5. The van der Waals surface area contributed by atoms with Crippen molar-refractivity contribution in [2.24, 2.45) is 0 Å². The highest BCUT2D eigenvalue weighted by molar-refractivity contribution is 8.01. The summed E-state index contributed by atoms with van der Waals surface area (Å²) in [6.45, 7) is 3.90. The zero-order valence-corrected chi connectivity index (χ0v) is 15.4. The second-order valence-electron chi connectivity index (χ2n) is 6.36. The zero-order chi connectivity index (χ0) is 19.8. The molecular weight excluding hydrogens is 377 g/mol. The molecule has 142 valence electrons. The lowest BCUT2D eigenvalue weighted by atomic mass is 10.1. The Kier molecular flexibility index (Phi) is 5.19. The highest BCUT2D eigenvalue weighted by Gasteiger charge is 2.34. The first-order chi connectivity index (χ1) is 12.6. The maximum Gasteiger partial charge on any atom is 0.416 e. The van der Waals surface area contributed by atoms with Gasteiger partial charge in [0.05, 0.1) is 16.5 Å². The lowest BCUT2D eigenvalue weighted by molar-refractivity contribution is -0.137. The molecule has 8 heteroatoms. The molecule has 0 saturated carbocycles. The van der Waals surface area contributed by atoms with E-state index in [0.717, 1.165) is 35.0 Å². The summed E-state index contributed by atoms with van der Waals surface area (Å²) in [6.07, 6.45) is -4.56. The highest BCUT2D eigenvalue weighted by atomic mass is 32.2. The molecule has 0 spiro atoms. The van der Waals surface area contributed by atoms with Crippen LogP contribution >= 0.6 is 11.8 Å². The van der Waals surface area contributed by atoms with Crippen molar-refractivity contribution >= 4 is 35.0 Å². The van der Waals surface area contributed by atoms with Crippen molar-refractivity contribution in [3.8, 4) is 0 Å². The molecule has 1 heterocycles. The number of nitrogens with one attached hydrogen (secondary N) is 2. The lowest BCUT2D eigenvalue weighted by Crippen LogP contribution is -2.32. The molecule has 4 nitrogen and oxygen atoms in total. The summed E-state index contributed by atoms with van der Waals surface area (Å²) in [5.41, 5.74) is 2.07. The van der Waals surface area contributed by atoms with Crippen molar-refractivity contribution in [2.75, 3.05) is 10.6 Å². The van der Waals surface area contributed by atoms with E-state index in [9.17, 15) is 22.8 Å². The van der Waals surface area contributed by atoms with Gasteiger partial charge in [0.2, 0.25) is 11.8 Å². The van der Waals surface area contributed by atoms with Crippen LogP contribution in [0.1, 0.15) is 23.1 Å². The molecular formula is C19H17F3N2O2S. The molecule has 0 fully saturated rings. The fourth-order valence-corrected chi connectivity index (χ4v) is 3.75. The van der Waals surface area contributed by atoms with Gasteiger partial charge in [-0.3, -0.25) is 9.59 Å². The topological polar surface area (TPSA) is 58.2 Å². The summed E-state index contributed by atoms with van der Waals surface area (Å²) >= 11 is 1.09. The number of thioether (sulfide) groups is 1. The molecule has 2 N–H and O–H groups in total. The molecule has 2 amide bonds. The minimum atomic E-state index is -4.48. The molecule has 1 aliphatic heterocycles. The first kappa shape index (κ1) is 19.3. The summed E-state index contributed by atoms with van der Waals surface area (Å²) in [6, 6.07) is 8.71. The number of rotatable bonds is 3. The number of benzene rings is 2. The highest BCUT2D eigenvalue weighted by Crippen LogP contribution is 2.40. The van der Waals surface area contributed by atoms with E-state index in [4.69, 9.17) is 0 Å². The molecule has 1 atom stereocenters. The third-order valence-electron chi connectivity index (χ3n) is 4.29. The van der Waals surface area contributed by atoms with Crippen LogP contribution in [0.5, 0.6) is 0 Å². The van der Waals surface area contributed by atoms with Crippen molar-refractivity contribution < 1.29 is 22.8 Å². The average Bonchev–Trinajstić information content (AvgIpc) is 2.57. The van der Waals surface area contributed by atoms with E-state index in [2.05, 4.69) is 10.6 Å². The standard InChI is InChI=1S/C19H17F3N2O2S/c1-10-3-5-13(7-11(10)2)23-17(25)9-16-18(26)24-14-8-12(19(20,21)22)4-6-15(14)27-16/h3-8,16H,9H2,1-2H3,(H,23,25)(H,24,26)/t16-/m0/s1. The molecule has 0 bridgehead atoms. The quantitative estimate of drug-likeness (QED) is 0.789. The van der Waals surface area contributed by atoms with Crippen molar-refractivity contribution in [3.63, 3.8) is 0 Å². The minimum absolute atomic E-state index is 0.0795. The largest absolute Gasteiger partial charge is 0.416 e. The Bertz CT molecular complexity index is 912. The Morgan fingerprint density at radius 1 is 1.15 bits per heavy atom. The summed E-state index contributed by atoms with van der Waals surface area (Å²) in [4.78, 5) is 25.0. The fourth-order valence-electron chi connectivity index (χ4n) is 2.66. The van der Waals surface area contributed by atoms with Gasteiger partial charge in [-0.15, -0.1) is 11.8 Å². The van der Waals surface area contributed by atoms with Crippen LogP contribution < -0.4 is 10.6 Å². The van der Waals surface area contributed by atoms with Crippen LogP contribution in [0.25, 0.3) is 0 Å². The van der Waals surface area contributed by atoms with E-state index in [1.54, 1.807) is 6.07 Å². The zero-order valence-electron chi connectivity index (χ0n) is 14.6. The predicted molar refractivity (Wildman–Crippen MR) is 98.9 cm³/mol. The summed E-state index contributed by atoms with van der Waals surface area (Å²) < 4.78 is 38.4. The number of alkyl halides is 3. The number of aryl methyl sites for hydroxylation is 2. The van der Waals surface area contributed by atoms with E-state index < -0.39 is 22.9 Å². The Hall–Kier alpha value is -2.48. The third kappa shape index (κ3) is 4.44. The van der Waals surface area contributed by atoms with Gasteiger partial charge in [0.15, 0.2) is 0 Å². The number of hydrogen-bond donors (Lipinski definition) is 2. The third-order valence-corrected chi connectivity index (χ3v) is 5.56. The van der Waals surface area contributed by atoms with Gasteiger partial charge in [-0.05, 0) is 55.3 Å². The number of carbonyl (C=O) groups excluding carboxylic acids is 2.